The van der Waals surface area contributed by atoms with Gasteiger partial charge in [0.1, 0.15) is 24.7 Å². The Bertz CT molecular complexity index is 772. The largest absolute Gasteiger partial charge is 0.492 e. The maximum absolute atomic E-state index is 12.1. The number of ether oxygens (including phenoxy) is 4. The summed E-state index contributed by atoms with van der Waals surface area (Å²) >= 11 is 0. The van der Waals surface area contributed by atoms with Crippen molar-refractivity contribution < 1.29 is 28.5 Å². The van der Waals surface area contributed by atoms with Gasteiger partial charge in [0.05, 0.1) is 18.2 Å². The van der Waals surface area contributed by atoms with Crippen molar-refractivity contribution in [1.82, 2.24) is 5.32 Å². The average molecular weight is 399 g/mol. The Hall–Kier alpha value is -3.06. The van der Waals surface area contributed by atoms with Gasteiger partial charge in [-0.3, -0.25) is 4.79 Å². The molecule has 0 bridgehead atoms. The smallest absolute Gasteiger partial charge is 0.338 e. The molecule has 154 valence electrons. The van der Waals surface area contributed by atoms with Crippen LogP contribution in [-0.2, 0) is 14.3 Å². The number of carbonyl (C=O) groups excluding carboxylic acids is 2. The molecule has 0 aromatic heterocycles. The number of esters is 1. The minimum Gasteiger partial charge on any atom is -0.492 e. The zero-order valence-electron chi connectivity index (χ0n) is 16.2. The van der Waals surface area contributed by atoms with Crippen LogP contribution in [0.15, 0.2) is 54.6 Å². The highest BCUT2D eigenvalue weighted by atomic mass is 16.5. The van der Waals surface area contributed by atoms with E-state index < -0.39 is 5.97 Å². The summed E-state index contributed by atoms with van der Waals surface area (Å²) in [5.41, 5.74) is 0.356. The van der Waals surface area contributed by atoms with Gasteiger partial charge in [0, 0.05) is 6.61 Å². The topological polar surface area (TPSA) is 83.1 Å². The highest BCUT2D eigenvalue weighted by molar-refractivity contribution is 5.91. The van der Waals surface area contributed by atoms with E-state index in [0.717, 1.165) is 25.2 Å². The predicted octanol–water partition coefficient (Wildman–Crippen LogP) is 2.60. The van der Waals surface area contributed by atoms with Gasteiger partial charge in [-0.2, -0.15) is 0 Å². The van der Waals surface area contributed by atoms with Crippen LogP contribution in [0.4, 0.5) is 0 Å². The van der Waals surface area contributed by atoms with Crippen LogP contribution in [0.5, 0.6) is 11.5 Å². The molecule has 1 heterocycles. The Morgan fingerprint density at radius 1 is 1.00 bits per heavy atom. The second kappa shape index (κ2) is 11.1. The van der Waals surface area contributed by atoms with Gasteiger partial charge in [0.25, 0.3) is 5.91 Å². The van der Waals surface area contributed by atoms with Crippen molar-refractivity contribution >= 4 is 11.9 Å². The number of nitrogens with one attached hydrogen (secondary N) is 1. The van der Waals surface area contributed by atoms with E-state index >= 15 is 0 Å². The number of benzene rings is 2. The predicted molar refractivity (Wildman–Crippen MR) is 106 cm³/mol. The molecule has 1 amide bonds. The molecule has 3 rings (SSSR count). The zero-order chi connectivity index (χ0) is 20.3. The summed E-state index contributed by atoms with van der Waals surface area (Å²) < 4.78 is 21.7. The van der Waals surface area contributed by atoms with E-state index in [2.05, 4.69) is 5.32 Å². The Balaban J connectivity index is 1.31. The highest BCUT2D eigenvalue weighted by Crippen LogP contribution is 2.17. The van der Waals surface area contributed by atoms with Crippen LogP contribution in [-0.4, -0.2) is 51.0 Å². The number of hydrogen-bond acceptors (Lipinski definition) is 6. The SMILES string of the molecule is O=C(COC(=O)c1ccc(OCC2CCCO2)cc1)NCCOc1ccccc1. The molecule has 1 fully saturated rings. The monoisotopic (exact) mass is 399 g/mol. The van der Waals surface area contributed by atoms with E-state index in [1.165, 1.54) is 0 Å². The van der Waals surface area contributed by atoms with Crippen LogP contribution in [0.25, 0.3) is 0 Å². The fourth-order valence-electron chi connectivity index (χ4n) is 2.79. The molecule has 7 heteroatoms. The molecule has 1 N–H and O–H groups in total. The summed E-state index contributed by atoms with van der Waals surface area (Å²) in [7, 11) is 0. The van der Waals surface area contributed by atoms with E-state index in [1.54, 1.807) is 24.3 Å². The third kappa shape index (κ3) is 7.12. The first kappa shape index (κ1) is 20.7. The standard InChI is InChI=1S/C22H25NO6/c24-21(23-12-14-27-18-5-2-1-3-6-18)16-29-22(25)17-8-10-19(11-9-17)28-15-20-7-4-13-26-20/h1-3,5-6,8-11,20H,4,7,12-16H2,(H,23,24). The van der Waals surface area contributed by atoms with E-state index in [-0.39, 0.29) is 18.6 Å². The van der Waals surface area contributed by atoms with Crippen LogP contribution in [0.2, 0.25) is 0 Å². The first-order chi connectivity index (χ1) is 14.2. The maximum atomic E-state index is 12.1. The molecule has 1 aliphatic rings. The number of rotatable bonds is 10. The number of carbonyl (C=O) groups is 2. The van der Waals surface area contributed by atoms with E-state index in [0.29, 0.717) is 31.1 Å². The second-order valence-electron chi connectivity index (χ2n) is 6.56. The van der Waals surface area contributed by atoms with Crippen molar-refractivity contribution in [3.8, 4) is 11.5 Å². The van der Waals surface area contributed by atoms with Crippen LogP contribution in [0.3, 0.4) is 0 Å². The second-order valence-corrected chi connectivity index (χ2v) is 6.56. The Labute approximate surface area is 169 Å². The van der Waals surface area contributed by atoms with Crippen LogP contribution < -0.4 is 14.8 Å². The van der Waals surface area contributed by atoms with Crippen LogP contribution in [0.1, 0.15) is 23.2 Å². The molecule has 1 atom stereocenters. The molecular formula is C22H25NO6. The van der Waals surface area contributed by atoms with Gasteiger partial charge in [-0.05, 0) is 49.2 Å². The molecule has 0 radical (unpaired) electrons. The number of para-hydroxylation sites is 1. The summed E-state index contributed by atoms with van der Waals surface area (Å²) in [5.74, 6) is 0.447. The summed E-state index contributed by atoms with van der Waals surface area (Å²) in [5, 5.41) is 2.64. The van der Waals surface area contributed by atoms with Crippen molar-refractivity contribution in [2.45, 2.75) is 18.9 Å². The Morgan fingerprint density at radius 3 is 2.48 bits per heavy atom. The van der Waals surface area contributed by atoms with E-state index in [1.807, 2.05) is 30.3 Å². The minimum absolute atomic E-state index is 0.135. The van der Waals surface area contributed by atoms with Crippen LogP contribution >= 0.6 is 0 Å². The summed E-state index contributed by atoms with van der Waals surface area (Å²) in [4.78, 5) is 23.8. The number of amides is 1. The lowest BCUT2D eigenvalue weighted by molar-refractivity contribution is -0.124. The third-order valence-corrected chi connectivity index (χ3v) is 4.32. The van der Waals surface area contributed by atoms with Gasteiger partial charge in [0.15, 0.2) is 6.61 Å². The van der Waals surface area contributed by atoms with Crippen molar-refractivity contribution in [2.75, 3.05) is 33.0 Å². The van der Waals surface area contributed by atoms with Crippen molar-refractivity contribution in [2.24, 2.45) is 0 Å². The molecule has 0 spiro atoms. The molecular weight excluding hydrogens is 374 g/mol. The van der Waals surface area contributed by atoms with Gasteiger partial charge in [-0.25, -0.2) is 4.79 Å². The van der Waals surface area contributed by atoms with Gasteiger partial charge in [-0.1, -0.05) is 18.2 Å². The number of hydrogen-bond donors (Lipinski definition) is 1. The quantitative estimate of drug-likeness (QED) is 0.488. The highest BCUT2D eigenvalue weighted by Gasteiger charge is 2.16. The molecule has 0 saturated carbocycles. The summed E-state index contributed by atoms with van der Waals surface area (Å²) in [6, 6.07) is 15.9. The lowest BCUT2D eigenvalue weighted by Gasteiger charge is -2.11. The fraction of sp³-hybridized carbons (Fsp3) is 0.364. The molecule has 7 nitrogen and oxygen atoms in total. The van der Waals surface area contributed by atoms with Gasteiger partial charge in [-0.15, -0.1) is 0 Å². The normalized spacial score (nSPS) is 15.5. The molecule has 1 saturated heterocycles. The molecule has 2 aromatic carbocycles. The molecule has 29 heavy (non-hydrogen) atoms. The summed E-state index contributed by atoms with van der Waals surface area (Å²) in [6.45, 7) is 1.59. The van der Waals surface area contributed by atoms with E-state index in [4.69, 9.17) is 18.9 Å². The average Bonchev–Trinajstić information content (AvgIpc) is 3.28. The minimum atomic E-state index is -0.564. The van der Waals surface area contributed by atoms with E-state index in [9.17, 15) is 9.59 Å². The van der Waals surface area contributed by atoms with Gasteiger partial charge >= 0.3 is 5.97 Å². The Morgan fingerprint density at radius 2 is 1.76 bits per heavy atom. The van der Waals surface area contributed by atoms with Crippen LogP contribution in [0, 0.1) is 0 Å². The maximum Gasteiger partial charge on any atom is 0.338 e. The molecule has 1 unspecified atom stereocenters. The van der Waals surface area contributed by atoms with Crippen molar-refractivity contribution in [1.29, 1.82) is 0 Å². The zero-order valence-corrected chi connectivity index (χ0v) is 16.2. The van der Waals surface area contributed by atoms with Crippen molar-refractivity contribution in [3.05, 3.63) is 60.2 Å². The lowest BCUT2D eigenvalue weighted by atomic mass is 10.2. The van der Waals surface area contributed by atoms with Gasteiger partial charge in [0.2, 0.25) is 0 Å². The van der Waals surface area contributed by atoms with Crippen molar-refractivity contribution in [3.63, 3.8) is 0 Å². The Kier molecular flexibility index (Phi) is 7.89. The summed E-state index contributed by atoms with van der Waals surface area (Å²) in [6.07, 6.45) is 2.20. The first-order valence-electron chi connectivity index (χ1n) is 9.67. The van der Waals surface area contributed by atoms with Gasteiger partial charge < -0.3 is 24.3 Å². The lowest BCUT2D eigenvalue weighted by Crippen LogP contribution is -2.32. The molecule has 0 aliphatic carbocycles. The fourth-order valence-corrected chi connectivity index (χ4v) is 2.79. The first-order valence-corrected chi connectivity index (χ1v) is 9.67. The third-order valence-electron chi connectivity index (χ3n) is 4.32. The molecule has 1 aliphatic heterocycles. The molecule has 2 aromatic rings.